The van der Waals surface area contributed by atoms with E-state index in [9.17, 15) is 36.6 Å². The number of alkyl halides is 6. The maximum atomic E-state index is 13.1. The van der Waals surface area contributed by atoms with Gasteiger partial charge in [-0.25, -0.2) is 0 Å². The van der Waals surface area contributed by atoms with Gasteiger partial charge in [0.1, 0.15) is 0 Å². The molecule has 0 amide bonds. The highest BCUT2D eigenvalue weighted by Gasteiger charge is 2.37. The summed E-state index contributed by atoms with van der Waals surface area (Å²) in [6, 6.07) is 8.77. The molecule has 10 heteroatoms. The molecule has 2 rings (SSSR count). The highest BCUT2D eigenvalue weighted by atomic mass is 19.4. The smallest absolute Gasteiger partial charge is 0.392 e. The fourth-order valence-corrected chi connectivity index (χ4v) is 3.39. The summed E-state index contributed by atoms with van der Waals surface area (Å²) in [6.07, 6.45) is -10.9. The molecule has 0 saturated heterocycles. The summed E-state index contributed by atoms with van der Waals surface area (Å²) in [6.45, 7) is 4.81. The van der Waals surface area contributed by atoms with Gasteiger partial charge in [0.05, 0.1) is 29.9 Å². The highest BCUT2D eigenvalue weighted by Crippen LogP contribution is 2.36. The predicted octanol–water partition coefficient (Wildman–Crippen LogP) is 5.17. The van der Waals surface area contributed by atoms with Crippen molar-refractivity contribution in [1.82, 2.24) is 4.90 Å². The van der Waals surface area contributed by atoms with Crippen molar-refractivity contribution in [2.75, 3.05) is 13.1 Å². The van der Waals surface area contributed by atoms with E-state index < -0.39 is 54.1 Å². The zero-order chi connectivity index (χ0) is 24.8. The molecule has 0 bridgehead atoms. The van der Waals surface area contributed by atoms with Crippen LogP contribution in [0, 0.1) is 0 Å². The molecule has 2 aromatic carbocycles. The third-order valence-electron chi connectivity index (χ3n) is 4.74. The Morgan fingerprint density at radius 2 is 1.52 bits per heavy atom. The fourth-order valence-electron chi connectivity index (χ4n) is 3.39. The van der Waals surface area contributed by atoms with Crippen molar-refractivity contribution in [2.45, 2.75) is 44.3 Å². The van der Waals surface area contributed by atoms with Gasteiger partial charge < -0.3 is 14.9 Å². The minimum absolute atomic E-state index is 0.0289. The number of halogens is 6. The SMILES string of the molecule is C=CCN(C[C@@H](C)O)[C@H](c1ccccc1)C(O)OCc1cc(C(F)(F)F)cc(C(F)(F)F)c1. The maximum Gasteiger partial charge on any atom is 0.416 e. The fraction of sp³-hybridized carbons (Fsp3) is 0.391. The van der Waals surface area contributed by atoms with Crippen molar-refractivity contribution in [3.63, 3.8) is 0 Å². The first kappa shape index (κ1) is 26.8. The number of aliphatic hydroxyl groups excluding tert-OH is 2. The quantitative estimate of drug-likeness (QED) is 0.282. The normalized spacial score (nSPS) is 15.3. The second-order valence-corrected chi connectivity index (χ2v) is 7.56. The van der Waals surface area contributed by atoms with Crippen LogP contribution in [0.3, 0.4) is 0 Å². The van der Waals surface area contributed by atoms with Gasteiger partial charge in [-0.3, -0.25) is 4.90 Å². The molecule has 0 aliphatic heterocycles. The predicted molar refractivity (Wildman–Crippen MR) is 110 cm³/mol. The van der Waals surface area contributed by atoms with E-state index in [0.29, 0.717) is 17.7 Å². The minimum Gasteiger partial charge on any atom is -0.392 e. The molecule has 0 fully saturated rings. The van der Waals surface area contributed by atoms with Crippen molar-refractivity contribution >= 4 is 0 Å². The van der Waals surface area contributed by atoms with Crippen LogP contribution in [0.4, 0.5) is 26.3 Å². The van der Waals surface area contributed by atoms with Crippen LogP contribution in [0.1, 0.15) is 35.2 Å². The molecule has 182 valence electrons. The first-order valence-electron chi connectivity index (χ1n) is 9.99. The number of benzene rings is 2. The zero-order valence-corrected chi connectivity index (χ0v) is 17.8. The molecule has 0 radical (unpaired) electrons. The Labute approximate surface area is 187 Å². The first-order chi connectivity index (χ1) is 15.3. The number of hydrogen-bond donors (Lipinski definition) is 2. The van der Waals surface area contributed by atoms with Crippen LogP contribution in [-0.2, 0) is 23.7 Å². The van der Waals surface area contributed by atoms with Gasteiger partial charge >= 0.3 is 12.4 Å². The molecular weight excluding hydrogens is 452 g/mol. The summed E-state index contributed by atoms with van der Waals surface area (Å²) in [4.78, 5) is 1.64. The molecule has 4 nitrogen and oxygen atoms in total. The van der Waals surface area contributed by atoms with Gasteiger partial charge in [0.15, 0.2) is 6.29 Å². The van der Waals surface area contributed by atoms with Gasteiger partial charge in [-0.15, -0.1) is 6.58 Å². The van der Waals surface area contributed by atoms with Crippen molar-refractivity contribution in [3.05, 3.63) is 83.4 Å². The maximum absolute atomic E-state index is 13.1. The molecule has 2 aromatic rings. The molecule has 0 aromatic heterocycles. The number of ether oxygens (including phenoxy) is 1. The topological polar surface area (TPSA) is 52.9 Å². The lowest BCUT2D eigenvalue weighted by Gasteiger charge is -2.35. The first-order valence-corrected chi connectivity index (χ1v) is 9.99. The minimum atomic E-state index is -4.99. The van der Waals surface area contributed by atoms with Gasteiger partial charge in [0.2, 0.25) is 0 Å². The Hall–Kier alpha value is -2.40. The molecule has 0 spiro atoms. The standard InChI is InChI=1S/C23H25F6NO3/c1-3-9-30(13-15(2)31)20(17-7-5-4-6-8-17)21(32)33-14-16-10-18(22(24,25)26)12-19(11-16)23(27,28)29/h3-8,10-12,15,20-21,31-32H,1,9,13-14H2,2H3/t15-,20-,21?/m1/s1. The number of nitrogens with zero attached hydrogens (tertiary/aromatic N) is 1. The van der Waals surface area contributed by atoms with Crippen molar-refractivity contribution in [3.8, 4) is 0 Å². The molecule has 0 saturated carbocycles. The van der Waals surface area contributed by atoms with Crippen LogP contribution in [0.15, 0.2) is 61.2 Å². The van der Waals surface area contributed by atoms with E-state index in [2.05, 4.69) is 6.58 Å². The lowest BCUT2D eigenvalue weighted by Crippen LogP contribution is -2.41. The van der Waals surface area contributed by atoms with E-state index in [1.54, 1.807) is 35.2 Å². The monoisotopic (exact) mass is 477 g/mol. The lowest BCUT2D eigenvalue weighted by atomic mass is 10.0. The van der Waals surface area contributed by atoms with E-state index in [-0.39, 0.29) is 19.2 Å². The summed E-state index contributed by atoms with van der Waals surface area (Å²) >= 11 is 0. The average Bonchev–Trinajstić information content (AvgIpc) is 2.71. The molecule has 0 aliphatic carbocycles. The largest absolute Gasteiger partial charge is 0.416 e. The Balaban J connectivity index is 2.34. The van der Waals surface area contributed by atoms with E-state index in [0.717, 1.165) is 0 Å². The Morgan fingerprint density at radius 1 is 0.970 bits per heavy atom. The van der Waals surface area contributed by atoms with E-state index >= 15 is 0 Å². The highest BCUT2D eigenvalue weighted by molar-refractivity contribution is 5.33. The van der Waals surface area contributed by atoms with Crippen LogP contribution >= 0.6 is 0 Å². The second-order valence-electron chi connectivity index (χ2n) is 7.56. The number of hydrogen-bond acceptors (Lipinski definition) is 4. The molecule has 0 aliphatic rings. The Bertz CT molecular complexity index is 867. The Kier molecular flexibility index (Phi) is 9.07. The number of rotatable bonds is 10. The molecule has 33 heavy (non-hydrogen) atoms. The molecular formula is C23H25F6NO3. The van der Waals surface area contributed by atoms with Crippen LogP contribution in [0.5, 0.6) is 0 Å². The van der Waals surface area contributed by atoms with Crippen molar-refractivity contribution in [1.29, 1.82) is 0 Å². The zero-order valence-electron chi connectivity index (χ0n) is 17.8. The van der Waals surface area contributed by atoms with Gasteiger partial charge in [0, 0.05) is 13.1 Å². The third kappa shape index (κ3) is 7.85. The van der Waals surface area contributed by atoms with Crippen molar-refractivity contribution < 1.29 is 41.3 Å². The lowest BCUT2D eigenvalue weighted by molar-refractivity contribution is -0.155. The van der Waals surface area contributed by atoms with E-state index in [1.807, 2.05) is 0 Å². The Morgan fingerprint density at radius 3 is 1.97 bits per heavy atom. The van der Waals surface area contributed by atoms with Gasteiger partial charge in [0.25, 0.3) is 0 Å². The summed E-state index contributed by atoms with van der Waals surface area (Å²) in [5.74, 6) is 0. The average molecular weight is 477 g/mol. The van der Waals surface area contributed by atoms with Crippen LogP contribution in [0.2, 0.25) is 0 Å². The summed E-state index contributed by atoms with van der Waals surface area (Å²) in [5, 5.41) is 20.6. The van der Waals surface area contributed by atoms with Crippen LogP contribution < -0.4 is 0 Å². The molecule has 0 heterocycles. The van der Waals surface area contributed by atoms with E-state index in [1.165, 1.54) is 13.0 Å². The van der Waals surface area contributed by atoms with E-state index in [4.69, 9.17) is 4.74 Å². The number of aliphatic hydroxyl groups is 2. The summed E-state index contributed by atoms with van der Waals surface area (Å²) in [5.41, 5.74) is -2.75. The summed E-state index contributed by atoms with van der Waals surface area (Å²) < 4.78 is 83.9. The van der Waals surface area contributed by atoms with Crippen molar-refractivity contribution in [2.24, 2.45) is 0 Å². The van der Waals surface area contributed by atoms with Crippen LogP contribution in [0.25, 0.3) is 0 Å². The third-order valence-corrected chi connectivity index (χ3v) is 4.74. The molecule has 3 atom stereocenters. The van der Waals surface area contributed by atoms with Crippen LogP contribution in [-0.4, -0.2) is 40.6 Å². The van der Waals surface area contributed by atoms with Gasteiger partial charge in [-0.1, -0.05) is 36.4 Å². The summed E-state index contributed by atoms with van der Waals surface area (Å²) in [7, 11) is 0. The molecule has 1 unspecified atom stereocenters. The second kappa shape index (κ2) is 11.1. The van der Waals surface area contributed by atoms with Gasteiger partial charge in [-0.05, 0) is 36.2 Å². The van der Waals surface area contributed by atoms with Gasteiger partial charge in [-0.2, -0.15) is 26.3 Å². The molecule has 2 N–H and O–H groups in total.